The lowest BCUT2D eigenvalue weighted by Crippen LogP contribution is -2.30. The van der Waals surface area contributed by atoms with Crippen LogP contribution >= 0.6 is 0 Å². The van der Waals surface area contributed by atoms with Gasteiger partial charge in [0.25, 0.3) is 0 Å². The van der Waals surface area contributed by atoms with Crippen LogP contribution in [0.4, 0.5) is 5.69 Å². The summed E-state index contributed by atoms with van der Waals surface area (Å²) in [5.74, 6) is 0.918. The minimum absolute atomic E-state index is 0.676. The summed E-state index contributed by atoms with van der Waals surface area (Å²) in [7, 11) is 2.24. The Morgan fingerprint density at radius 2 is 2.00 bits per heavy atom. The molecule has 0 saturated heterocycles. The molecular weight excluding hydrogens is 232 g/mol. The second kappa shape index (κ2) is 5.16. The maximum absolute atomic E-state index is 3.60. The average Bonchev–Trinajstić information content (AvgIpc) is 3.28. The topological polar surface area (TPSA) is 15.3 Å². The second-order valence-electron chi connectivity index (χ2n) is 6.45. The van der Waals surface area contributed by atoms with Crippen LogP contribution in [-0.2, 0) is 6.54 Å². The minimum atomic E-state index is 0.676. The van der Waals surface area contributed by atoms with E-state index in [-0.39, 0.29) is 0 Å². The van der Waals surface area contributed by atoms with Crippen LogP contribution in [0.3, 0.4) is 0 Å². The van der Waals surface area contributed by atoms with Crippen molar-refractivity contribution in [3.05, 3.63) is 29.3 Å². The van der Waals surface area contributed by atoms with Crippen molar-refractivity contribution >= 4 is 5.69 Å². The van der Waals surface area contributed by atoms with Gasteiger partial charge in [0.05, 0.1) is 0 Å². The number of rotatable bonds is 6. The molecule has 3 rings (SSSR count). The van der Waals surface area contributed by atoms with E-state index in [0.717, 1.165) is 18.5 Å². The predicted octanol–water partition coefficient (Wildman–Crippen LogP) is 3.48. The average molecular weight is 258 g/mol. The van der Waals surface area contributed by atoms with Gasteiger partial charge < -0.3 is 10.2 Å². The molecular formula is C17H26N2. The van der Waals surface area contributed by atoms with E-state index in [9.17, 15) is 0 Å². The van der Waals surface area contributed by atoms with E-state index in [1.54, 1.807) is 0 Å². The van der Waals surface area contributed by atoms with Gasteiger partial charge in [-0.05, 0) is 68.7 Å². The zero-order valence-electron chi connectivity index (χ0n) is 12.4. The Labute approximate surface area is 117 Å². The number of aryl methyl sites for hydroxylation is 1. The molecule has 0 radical (unpaired) electrons. The fraction of sp³-hybridized carbons (Fsp3) is 0.647. The van der Waals surface area contributed by atoms with Crippen LogP contribution < -0.4 is 10.2 Å². The van der Waals surface area contributed by atoms with Crippen LogP contribution in [0.2, 0.25) is 0 Å². The summed E-state index contributed by atoms with van der Waals surface area (Å²) < 4.78 is 0. The van der Waals surface area contributed by atoms with E-state index in [4.69, 9.17) is 0 Å². The predicted molar refractivity (Wildman–Crippen MR) is 81.6 cm³/mol. The standard InChI is InChI=1S/C17H26N2/c1-12-10-17(19(3)13(2)14-4-5-14)9-6-15(12)11-18-16-7-8-16/h6,9-10,13-14,16,18H,4-5,7-8,11H2,1-3H3. The fourth-order valence-corrected chi connectivity index (χ4v) is 2.77. The smallest absolute Gasteiger partial charge is 0.0368 e. The molecule has 2 aliphatic carbocycles. The number of benzene rings is 1. The summed E-state index contributed by atoms with van der Waals surface area (Å²) >= 11 is 0. The maximum atomic E-state index is 3.60. The molecule has 19 heavy (non-hydrogen) atoms. The van der Waals surface area contributed by atoms with Crippen molar-refractivity contribution < 1.29 is 0 Å². The first-order valence-electron chi connectivity index (χ1n) is 7.71. The van der Waals surface area contributed by atoms with Gasteiger partial charge >= 0.3 is 0 Å². The zero-order chi connectivity index (χ0) is 13.4. The molecule has 1 aromatic carbocycles. The van der Waals surface area contributed by atoms with Crippen molar-refractivity contribution in [1.29, 1.82) is 0 Å². The molecule has 2 fully saturated rings. The molecule has 1 unspecified atom stereocenters. The third-order valence-electron chi connectivity index (χ3n) is 4.81. The quantitative estimate of drug-likeness (QED) is 0.840. The molecule has 104 valence electrons. The zero-order valence-corrected chi connectivity index (χ0v) is 12.4. The molecule has 2 aliphatic rings. The van der Waals surface area contributed by atoms with Crippen LogP contribution in [0, 0.1) is 12.8 Å². The van der Waals surface area contributed by atoms with Crippen LogP contribution in [0.1, 0.15) is 43.7 Å². The van der Waals surface area contributed by atoms with Crippen molar-refractivity contribution in [3.63, 3.8) is 0 Å². The summed E-state index contributed by atoms with van der Waals surface area (Å²) in [5.41, 5.74) is 4.23. The highest BCUT2D eigenvalue weighted by Gasteiger charge is 2.30. The monoisotopic (exact) mass is 258 g/mol. The van der Waals surface area contributed by atoms with Crippen molar-refractivity contribution in [2.45, 2.75) is 58.2 Å². The molecule has 2 saturated carbocycles. The van der Waals surface area contributed by atoms with E-state index in [1.807, 2.05) is 0 Å². The molecule has 1 N–H and O–H groups in total. The van der Waals surface area contributed by atoms with Crippen LogP contribution in [0.25, 0.3) is 0 Å². The minimum Gasteiger partial charge on any atom is -0.372 e. The molecule has 0 aromatic heterocycles. The fourth-order valence-electron chi connectivity index (χ4n) is 2.77. The number of nitrogens with one attached hydrogen (secondary N) is 1. The number of nitrogens with zero attached hydrogens (tertiary/aromatic N) is 1. The van der Waals surface area contributed by atoms with Gasteiger partial charge in [0.1, 0.15) is 0 Å². The molecule has 2 heteroatoms. The van der Waals surface area contributed by atoms with E-state index in [0.29, 0.717) is 6.04 Å². The lowest BCUT2D eigenvalue weighted by molar-refractivity contribution is 0.609. The van der Waals surface area contributed by atoms with Gasteiger partial charge in [-0.3, -0.25) is 0 Å². The second-order valence-corrected chi connectivity index (χ2v) is 6.45. The maximum Gasteiger partial charge on any atom is 0.0368 e. The van der Waals surface area contributed by atoms with E-state index < -0.39 is 0 Å². The van der Waals surface area contributed by atoms with Crippen LogP contribution in [-0.4, -0.2) is 19.1 Å². The van der Waals surface area contributed by atoms with Crippen molar-refractivity contribution in [3.8, 4) is 0 Å². The molecule has 0 amide bonds. The van der Waals surface area contributed by atoms with Crippen molar-refractivity contribution in [2.24, 2.45) is 5.92 Å². The largest absolute Gasteiger partial charge is 0.372 e. The molecule has 0 spiro atoms. The molecule has 1 atom stereocenters. The van der Waals surface area contributed by atoms with Gasteiger partial charge in [0.2, 0.25) is 0 Å². The third-order valence-corrected chi connectivity index (χ3v) is 4.81. The normalized spacial score (nSPS) is 20.4. The summed E-state index contributed by atoms with van der Waals surface area (Å²) in [6.07, 6.45) is 5.54. The Kier molecular flexibility index (Phi) is 3.53. The molecule has 0 aliphatic heterocycles. The Bertz CT molecular complexity index is 447. The van der Waals surface area contributed by atoms with E-state index >= 15 is 0 Å². The molecule has 0 bridgehead atoms. The highest BCUT2D eigenvalue weighted by Crippen LogP contribution is 2.36. The summed E-state index contributed by atoms with van der Waals surface area (Å²) in [4.78, 5) is 2.45. The Hall–Kier alpha value is -1.02. The molecule has 2 nitrogen and oxygen atoms in total. The third kappa shape index (κ3) is 3.11. The van der Waals surface area contributed by atoms with Crippen LogP contribution in [0.5, 0.6) is 0 Å². The number of anilines is 1. The van der Waals surface area contributed by atoms with Crippen LogP contribution in [0.15, 0.2) is 18.2 Å². The Morgan fingerprint density at radius 3 is 2.58 bits per heavy atom. The van der Waals surface area contributed by atoms with Crippen molar-refractivity contribution in [2.75, 3.05) is 11.9 Å². The van der Waals surface area contributed by atoms with Gasteiger partial charge in [-0.2, -0.15) is 0 Å². The van der Waals surface area contributed by atoms with E-state index in [2.05, 4.69) is 49.3 Å². The van der Waals surface area contributed by atoms with E-state index in [1.165, 1.54) is 42.5 Å². The number of hydrogen-bond acceptors (Lipinski definition) is 2. The van der Waals surface area contributed by atoms with Gasteiger partial charge in [-0.25, -0.2) is 0 Å². The summed E-state index contributed by atoms with van der Waals surface area (Å²) in [5, 5.41) is 3.60. The first-order valence-corrected chi connectivity index (χ1v) is 7.71. The first-order chi connectivity index (χ1) is 9.15. The lowest BCUT2D eigenvalue weighted by atomic mass is 10.1. The van der Waals surface area contributed by atoms with Gasteiger partial charge in [0, 0.05) is 31.4 Å². The SMILES string of the molecule is Cc1cc(N(C)C(C)C2CC2)ccc1CNC1CC1. The lowest BCUT2D eigenvalue weighted by Gasteiger charge is -2.27. The van der Waals surface area contributed by atoms with Crippen molar-refractivity contribution in [1.82, 2.24) is 5.32 Å². The Morgan fingerprint density at radius 1 is 1.26 bits per heavy atom. The summed E-state index contributed by atoms with van der Waals surface area (Å²) in [6, 6.07) is 8.40. The highest BCUT2D eigenvalue weighted by atomic mass is 15.1. The number of hydrogen-bond donors (Lipinski definition) is 1. The Balaban J connectivity index is 1.66. The van der Waals surface area contributed by atoms with Gasteiger partial charge in [-0.15, -0.1) is 0 Å². The molecule has 0 heterocycles. The molecule has 1 aromatic rings. The first kappa shape index (κ1) is 13.0. The van der Waals surface area contributed by atoms with Gasteiger partial charge in [0.15, 0.2) is 0 Å². The van der Waals surface area contributed by atoms with Gasteiger partial charge in [-0.1, -0.05) is 6.07 Å². The summed E-state index contributed by atoms with van der Waals surface area (Å²) in [6.45, 7) is 5.62. The highest BCUT2D eigenvalue weighted by molar-refractivity contribution is 5.51.